The summed E-state index contributed by atoms with van der Waals surface area (Å²) < 4.78 is 64.7. The molecule has 72 heavy (non-hydrogen) atoms. The summed E-state index contributed by atoms with van der Waals surface area (Å²) in [4.78, 5) is 47.7. The Bertz CT molecular complexity index is 2170. The van der Waals surface area contributed by atoms with Gasteiger partial charge in [-0.1, -0.05) is 0 Å². The van der Waals surface area contributed by atoms with Gasteiger partial charge in [-0.3, -0.25) is 19.2 Å². The van der Waals surface area contributed by atoms with Crippen molar-refractivity contribution < 1.29 is 96.4 Å². The Morgan fingerprint density at radius 3 is 0.681 bits per heavy atom. The minimum atomic E-state index is -1.04. The van der Waals surface area contributed by atoms with Crippen molar-refractivity contribution in [3.8, 4) is 69.0 Å². The molecule has 20 nitrogen and oxygen atoms in total. The normalized spacial score (nSPS) is 12.3. The zero-order chi connectivity index (χ0) is 53.7. The fourth-order valence-corrected chi connectivity index (χ4v) is 8.55. The van der Waals surface area contributed by atoms with Crippen molar-refractivity contribution in [2.45, 2.75) is 51.4 Å². The zero-order valence-corrected chi connectivity index (χ0v) is 42.9. The minimum absolute atomic E-state index is 0.126. The molecule has 0 heterocycles. The molecule has 0 unspecified atom stereocenters. The summed E-state index contributed by atoms with van der Waals surface area (Å²) in [5.74, 6) is -1.92. The van der Waals surface area contributed by atoms with E-state index in [4.69, 9.17) is 56.8 Å². The molecule has 0 spiro atoms. The number of ether oxygens (including phenoxy) is 12. The third kappa shape index (κ3) is 15.7. The average molecular weight is 1010 g/mol. The lowest BCUT2D eigenvalue weighted by molar-refractivity contribution is -0.145. The molecule has 20 heteroatoms. The molecule has 0 aromatic heterocycles. The van der Waals surface area contributed by atoms with E-state index in [-0.39, 0.29) is 51.4 Å². The number of carboxylic acids is 4. The molecule has 4 atom stereocenters. The van der Waals surface area contributed by atoms with E-state index in [1.54, 1.807) is 48.5 Å². The van der Waals surface area contributed by atoms with Crippen LogP contribution in [0, 0.1) is 23.7 Å². The van der Waals surface area contributed by atoms with Crippen LogP contribution in [0.15, 0.2) is 48.5 Å². The van der Waals surface area contributed by atoms with Crippen LogP contribution in [0.25, 0.3) is 0 Å². The lowest BCUT2D eigenvalue weighted by Crippen LogP contribution is -2.28. The second-order valence-corrected chi connectivity index (χ2v) is 16.2. The van der Waals surface area contributed by atoms with Gasteiger partial charge in [0.1, 0.15) is 0 Å². The van der Waals surface area contributed by atoms with E-state index in [9.17, 15) is 39.6 Å². The Morgan fingerprint density at radius 1 is 0.333 bits per heavy atom. The molecule has 0 aliphatic carbocycles. The molecule has 0 saturated carbocycles. The fraction of sp³-hybridized carbons (Fsp3) is 0.462. The second-order valence-electron chi connectivity index (χ2n) is 16.2. The number of aliphatic carboxylic acids is 4. The van der Waals surface area contributed by atoms with E-state index in [1.165, 1.54) is 85.3 Å². The molecule has 4 rings (SSSR count). The van der Waals surface area contributed by atoms with Crippen LogP contribution in [0.3, 0.4) is 0 Å². The second kappa shape index (κ2) is 28.9. The Hall–Kier alpha value is -7.64. The third-order valence-corrected chi connectivity index (χ3v) is 12.0. The van der Waals surface area contributed by atoms with Gasteiger partial charge < -0.3 is 77.3 Å². The molecule has 0 amide bonds. The maximum atomic E-state index is 12.5. The molecule has 0 aliphatic rings. The highest BCUT2D eigenvalue weighted by Gasteiger charge is 2.33. The van der Waals surface area contributed by atoms with Crippen molar-refractivity contribution >= 4 is 23.9 Å². The van der Waals surface area contributed by atoms with Crippen molar-refractivity contribution in [1.82, 2.24) is 0 Å². The highest BCUT2D eigenvalue weighted by atomic mass is 16.6. The van der Waals surface area contributed by atoms with Crippen molar-refractivity contribution in [2.75, 3.05) is 85.3 Å². The predicted octanol–water partition coefficient (Wildman–Crippen LogP) is 7.41. The monoisotopic (exact) mass is 1010 g/mol. The molecule has 4 aromatic carbocycles. The van der Waals surface area contributed by atoms with Crippen LogP contribution in [0.5, 0.6) is 69.0 Å². The van der Waals surface area contributed by atoms with Crippen LogP contribution in [0.4, 0.5) is 0 Å². The van der Waals surface area contributed by atoms with Crippen LogP contribution in [0.1, 0.15) is 47.9 Å². The van der Waals surface area contributed by atoms with Gasteiger partial charge in [-0.15, -0.1) is 0 Å². The summed E-state index contributed by atoms with van der Waals surface area (Å²) in [5.41, 5.74) is 2.77. The largest absolute Gasteiger partial charge is 0.493 e. The van der Waals surface area contributed by atoms with Crippen molar-refractivity contribution in [1.29, 1.82) is 0 Å². The first kappa shape index (κ1) is 58.7. The Kier molecular flexibility index (Phi) is 23.5. The SMILES string of the molecule is COc1cc(C[C@@H](CCC(=O)O)[C@@H](Cc2cc(OC)c(OC)c(OC)c2)C(=O)O)cc(OC)c1OC.COc1cc(C[C@H](CCC(=O)O)[C@H](Cc2cc(OC)c(OC)c(OC)c2)C(=O)O)cc(OC)c1OC. The number of benzene rings is 4. The lowest BCUT2D eigenvalue weighted by atomic mass is 9.80. The predicted molar refractivity (Wildman–Crippen MR) is 262 cm³/mol. The zero-order valence-electron chi connectivity index (χ0n) is 42.9. The number of methoxy groups -OCH3 is 12. The quantitative estimate of drug-likeness (QED) is 0.0396. The van der Waals surface area contributed by atoms with Crippen molar-refractivity contribution in [2.24, 2.45) is 23.7 Å². The van der Waals surface area contributed by atoms with E-state index in [0.29, 0.717) is 80.1 Å². The van der Waals surface area contributed by atoms with Gasteiger partial charge in [-0.2, -0.15) is 0 Å². The molecule has 0 fully saturated rings. The van der Waals surface area contributed by atoms with Gasteiger partial charge in [0.15, 0.2) is 46.0 Å². The van der Waals surface area contributed by atoms with Gasteiger partial charge in [-0.05, 0) is 121 Å². The average Bonchev–Trinajstić information content (AvgIpc) is 3.37. The summed E-state index contributed by atoms with van der Waals surface area (Å²) in [7, 11) is 17.9. The Labute approximate surface area is 419 Å². The molecule has 0 aliphatic heterocycles. The Morgan fingerprint density at radius 2 is 0.528 bits per heavy atom. The highest BCUT2D eigenvalue weighted by molar-refractivity contribution is 5.73. The van der Waals surface area contributed by atoms with Crippen LogP contribution in [-0.4, -0.2) is 130 Å². The molecule has 0 saturated heterocycles. The lowest BCUT2D eigenvalue weighted by Gasteiger charge is -2.25. The van der Waals surface area contributed by atoms with E-state index in [1.807, 2.05) is 0 Å². The molecule has 4 aromatic rings. The minimum Gasteiger partial charge on any atom is -0.493 e. The highest BCUT2D eigenvalue weighted by Crippen LogP contribution is 2.44. The molecule has 0 bridgehead atoms. The smallest absolute Gasteiger partial charge is 0.307 e. The topological polar surface area (TPSA) is 260 Å². The fourth-order valence-electron chi connectivity index (χ4n) is 8.55. The summed E-state index contributed by atoms with van der Waals surface area (Å²) >= 11 is 0. The first-order valence-corrected chi connectivity index (χ1v) is 22.5. The first-order valence-electron chi connectivity index (χ1n) is 22.5. The summed E-state index contributed by atoms with van der Waals surface area (Å²) in [6.45, 7) is 0. The van der Waals surface area contributed by atoms with Gasteiger partial charge in [0.25, 0.3) is 0 Å². The van der Waals surface area contributed by atoms with E-state index in [0.717, 1.165) is 11.1 Å². The van der Waals surface area contributed by atoms with Gasteiger partial charge >= 0.3 is 23.9 Å². The molecule has 396 valence electrons. The maximum absolute atomic E-state index is 12.5. The summed E-state index contributed by atoms with van der Waals surface area (Å²) in [5, 5.41) is 39.0. The molecular weight excluding hydrogens is 945 g/mol. The van der Waals surface area contributed by atoms with E-state index < -0.39 is 47.5 Å². The van der Waals surface area contributed by atoms with Crippen LogP contribution < -0.4 is 56.8 Å². The third-order valence-electron chi connectivity index (χ3n) is 12.0. The van der Waals surface area contributed by atoms with E-state index >= 15 is 0 Å². The standard InChI is InChI=1S/2C26H34O10/c2*1-31-19-11-15(12-20(32-2)24(19)35-5)9-17(7-8-23(27)28)18(26(29)30)10-16-13-21(33-3)25(36-6)22(14-16)34-4/h2*11-14,17-18H,7-10H2,1-6H3,(H,27,28)(H,29,30)/t2*17-,18-/m10/s1. The number of hydrogen-bond donors (Lipinski definition) is 4. The van der Waals surface area contributed by atoms with Crippen molar-refractivity contribution in [3.05, 3.63) is 70.8 Å². The molecule has 4 N–H and O–H groups in total. The number of hydrogen-bond acceptors (Lipinski definition) is 16. The number of carbonyl (C=O) groups is 4. The maximum Gasteiger partial charge on any atom is 0.307 e. The van der Waals surface area contributed by atoms with Gasteiger partial charge in [-0.25, -0.2) is 0 Å². The number of carboxylic acid groups (broad SMARTS) is 4. The van der Waals surface area contributed by atoms with Crippen LogP contribution in [-0.2, 0) is 44.9 Å². The van der Waals surface area contributed by atoms with Gasteiger partial charge in [0, 0.05) is 12.8 Å². The van der Waals surface area contributed by atoms with Gasteiger partial charge in [0.2, 0.25) is 23.0 Å². The van der Waals surface area contributed by atoms with E-state index in [2.05, 4.69) is 0 Å². The first-order chi connectivity index (χ1) is 34.4. The molecular formula is C52H68O20. The molecule has 0 radical (unpaired) electrons. The van der Waals surface area contributed by atoms with Crippen LogP contribution >= 0.6 is 0 Å². The van der Waals surface area contributed by atoms with Crippen LogP contribution in [0.2, 0.25) is 0 Å². The Balaban J connectivity index is 0.000000380. The number of rotatable bonds is 30. The summed E-state index contributed by atoms with van der Waals surface area (Å²) in [6.07, 6.45) is 0.793. The van der Waals surface area contributed by atoms with Gasteiger partial charge in [0.05, 0.1) is 97.2 Å². The van der Waals surface area contributed by atoms with Crippen molar-refractivity contribution in [3.63, 3.8) is 0 Å². The summed E-state index contributed by atoms with van der Waals surface area (Å²) in [6, 6.07) is 13.8.